The van der Waals surface area contributed by atoms with Gasteiger partial charge in [-0.2, -0.15) is 0 Å². The third-order valence-electron chi connectivity index (χ3n) is 2.35. The monoisotopic (exact) mass is 312 g/mol. The predicted octanol–water partition coefficient (Wildman–Crippen LogP) is 3.56. The number of benzene rings is 1. The molecule has 5 heteroatoms. The lowest BCUT2D eigenvalue weighted by atomic mass is 10.1. The van der Waals surface area contributed by atoms with Gasteiger partial charge in [0, 0.05) is 17.1 Å². The van der Waals surface area contributed by atoms with Crippen LogP contribution in [0.4, 0.5) is 4.39 Å². The molecule has 0 aliphatic heterocycles. The van der Waals surface area contributed by atoms with Gasteiger partial charge in [-0.15, -0.1) is 0 Å². The zero-order valence-electron chi connectivity index (χ0n) is 9.57. The van der Waals surface area contributed by atoms with Crippen molar-refractivity contribution >= 4 is 21.7 Å². The van der Waals surface area contributed by atoms with Crippen molar-refractivity contribution in [2.24, 2.45) is 0 Å². The lowest BCUT2D eigenvalue weighted by molar-refractivity contribution is 0.0998. The second kappa shape index (κ2) is 5.46. The molecule has 0 atom stereocenters. The van der Waals surface area contributed by atoms with Gasteiger partial charge < -0.3 is 9.15 Å². The third-order valence-corrected chi connectivity index (χ3v) is 3.04. The van der Waals surface area contributed by atoms with Crippen molar-refractivity contribution in [3.8, 4) is 0 Å². The van der Waals surface area contributed by atoms with Crippen LogP contribution in [0.5, 0.6) is 0 Å². The van der Waals surface area contributed by atoms with Crippen molar-refractivity contribution in [3.63, 3.8) is 0 Å². The zero-order chi connectivity index (χ0) is 13.1. The SMILES string of the molecule is COCc1ccc(C(=O)c2cc(F)ccc2Br)o1. The van der Waals surface area contributed by atoms with E-state index in [0.29, 0.717) is 10.2 Å². The van der Waals surface area contributed by atoms with E-state index in [2.05, 4.69) is 15.9 Å². The molecule has 1 aromatic heterocycles. The summed E-state index contributed by atoms with van der Waals surface area (Å²) in [6, 6.07) is 7.14. The number of hydrogen-bond donors (Lipinski definition) is 0. The van der Waals surface area contributed by atoms with Crippen LogP contribution in [0.25, 0.3) is 0 Å². The van der Waals surface area contributed by atoms with Crippen LogP contribution in [0.15, 0.2) is 39.2 Å². The van der Waals surface area contributed by atoms with Crippen LogP contribution in [0.3, 0.4) is 0 Å². The summed E-state index contributed by atoms with van der Waals surface area (Å²) in [5.41, 5.74) is 0.230. The third kappa shape index (κ3) is 2.68. The number of rotatable bonds is 4. The molecule has 0 radical (unpaired) electrons. The maximum Gasteiger partial charge on any atom is 0.229 e. The van der Waals surface area contributed by atoms with Gasteiger partial charge >= 0.3 is 0 Å². The van der Waals surface area contributed by atoms with E-state index >= 15 is 0 Å². The average Bonchev–Trinajstić information content (AvgIpc) is 2.80. The Bertz CT molecular complexity index is 577. The van der Waals surface area contributed by atoms with Crippen molar-refractivity contribution in [1.82, 2.24) is 0 Å². The molecule has 0 saturated carbocycles. The highest BCUT2D eigenvalue weighted by molar-refractivity contribution is 9.10. The van der Waals surface area contributed by atoms with Crippen molar-refractivity contribution in [3.05, 3.63) is 57.7 Å². The van der Waals surface area contributed by atoms with Gasteiger partial charge in [0.05, 0.1) is 0 Å². The van der Waals surface area contributed by atoms with E-state index in [4.69, 9.17) is 9.15 Å². The first kappa shape index (κ1) is 13.0. The standard InChI is InChI=1S/C13H10BrFO3/c1-17-7-9-3-5-12(18-9)13(16)10-6-8(15)2-4-11(10)14/h2-6H,7H2,1H3. The smallest absolute Gasteiger partial charge is 0.229 e. The number of hydrogen-bond acceptors (Lipinski definition) is 3. The van der Waals surface area contributed by atoms with E-state index in [0.717, 1.165) is 0 Å². The molecule has 0 unspecified atom stereocenters. The molecule has 0 fully saturated rings. The Morgan fingerprint density at radius 2 is 2.17 bits per heavy atom. The van der Waals surface area contributed by atoms with Crippen LogP contribution in [0.1, 0.15) is 21.9 Å². The van der Waals surface area contributed by atoms with Crippen molar-refractivity contribution in [1.29, 1.82) is 0 Å². The highest BCUT2D eigenvalue weighted by atomic mass is 79.9. The lowest BCUT2D eigenvalue weighted by Crippen LogP contribution is -2.01. The average molecular weight is 313 g/mol. The molecular weight excluding hydrogens is 303 g/mol. The minimum absolute atomic E-state index is 0.161. The fraction of sp³-hybridized carbons (Fsp3) is 0.154. The zero-order valence-corrected chi connectivity index (χ0v) is 11.2. The molecular formula is C13H10BrFO3. The molecule has 0 amide bonds. The van der Waals surface area contributed by atoms with Crippen LogP contribution in [-0.4, -0.2) is 12.9 Å². The molecule has 1 heterocycles. The van der Waals surface area contributed by atoms with Crippen molar-refractivity contribution < 1.29 is 18.3 Å². The Morgan fingerprint density at radius 3 is 2.89 bits per heavy atom. The maximum atomic E-state index is 13.1. The quantitative estimate of drug-likeness (QED) is 0.810. The van der Waals surface area contributed by atoms with Gasteiger partial charge in [-0.25, -0.2) is 4.39 Å². The summed E-state index contributed by atoms with van der Waals surface area (Å²) < 4.78 is 23.9. The number of halogens is 2. The van der Waals surface area contributed by atoms with Crippen molar-refractivity contribution in [2.45, 2.75) is 6.61 Å². The van der Waals surface area contributed by atoms with Gasteiger partial charge in [-0.1, -0.05) is 15.9 Å². The highest BCUT2D eigenvalue weighted by Gasteiger charge is 2.17. The molecule has 18 heavy (non-hydrogen) atoms. The Balaban J connectivity index is 2.32. The first-order valence-corrected chi connectivity index (χ1v) is 5.98. The molecule has 2 aromatic rings. The minimum Gasteiger partial charge on any atom is -0.455 e. The van der Waals surface area contributed by atoms with Gasteiger partial charge in [-0.3, -0.25) is 4.79 Å². The number of ketones is 1. The molecule has 0 aliphatic carbocycles. The topological polar surface area (TPSA) is 39.4 Å². The van der Waals surface area contributed by atoms with Gasteiger partial charge in [0.25, 0.3) is 0 Å². The van der Waals surface area contributed by atoms with Crippen LogP contribution < -0.4 is 0 Å². The first-order valence-electron chi connectivity index (χ1n) is 5.19. The minimum atomic E-state index is -0.467. The molecule has 2 rings (SSSR count). The molecule has 3 nitrogen and oxygen atoms in total. The fourth-order valence-electron chi connectivity index (χ4n) is 1.52. The van der Waals surface area contributed by atoms with Gasteiger partial charge in [0.15, 0.2) is 5.76 Å². The predicted molar refractivity (Wildman–Crippen MR) is 67.0 cm³/mol. The fourth-order valence-corrected chi connectivity index (χ4v) is 1.95. The summed E-state index contributed by atoms with van der Waals surface area (Å²) >= 11 is 3.21. The van der Waals surface area contributed by atoms with E-state index in [1.54, 1.807) is 12.1 Å². The van der Waals surface area contributed by atoms with Crippen LogP contribution >= 0.6 is 15.9 Å². The Hall–Kier alpha value is -1.46. The lowest BCUT2D eigenvalue weighted by Gasteiger charge is -2.01. The summed E-state index contributed by atoms with van der Waals surface area (Å²) in [6.45, 7) is 0.289. The van der Waals surface area contributed by atoms with Gasteiger partial charge in [0.1, 0.15) is 18.2 Å². The maximum absolute atomic E-state index is 13.1. The molecule has 1 aromatic carbocycles. The number of carbonyl (C=O) groups is 1. The first-order chi connectivity index (χ1) is 8.61. The Kier molecular flexibility index (Phi) is 3.93. The van der Waals surface area contributed by atoms with Crippen LogP contribution in [-0.2, 0) is 11.3 Å². The second-order valence-electron chi connectivity index (χ2n) is 3.65. The normalized spacial score (nSPS) is 10.6. The summed E-state index contributed by atoms with van der Waals surface area (Å²) in [5.74, 6) is -0.129. The number of carbonyl (C=O) groups excluding carboxylic acids is 1. The van der Waals surface area contributed by atoms with E-state index in [1.165, 1.54) is 25.3 Å². The second-order valence-corrected chi connectivity index (χ2v) is 4.51. The number of methoxy groups -OCH3 is 1. The Morgan fingerprint density at radius 1 is 1.39 bits per heavy atom. The van der Waals surface area contributed by atoms with E-state index in [-0.39, 0.29) is 23.7 Å². The van der Waals surface area contributed by atoms with Gasteiger partial charge in [0.2, 0.25) is 5.78 Å². The largest absolute Gasteiger partial charge is 0.455 e. The van der Waals surface area contributed by atoms with Gasteiger partial charge in [-0.05, 0) is 30.3 Å². The number of furan rings is 1. The van der Waals surface area contributed by atoms with E-state index < -0.39 is 5.82 Å². The van der Waals surface area contributed by atoms with Crippen molar-refractivity contribution in [2.75, 3.05) is 7.11 Å². The van der Waals surface area contributed by atoms with E-state index in [1.807, 2.05) is 0 Å². The van der Waals surface area contributed by atoms with E-state index in [9.17, 15) is 9.18 Å². The summed E-state index contributed by atoms with van der Waals surface area (Å²) in [4.78, 5) is 12.1. The Labute approximate surface area is 112 Å². The van der Waals surface area contributed by atoms with Crippen LogP contribution in [0, 0.1) is 5.82 Å². The molecule has 94 valence electrons. The molecule has 0 N–H and O–H groups in total. The number of ether oxygens (including phenoxy) is 1. The summed E-state index contributed by atoms with van der Waals surface area (Å²) in [6.07, 6.45) is 0. The molecule has 0 saturated heterocycles. The summed E-state index contributed by atoms with van der Waals surface area (Å²) in [5, 5.41) is 0. The summed E-state index contributed by atoms with van der Waals surface area (Å²) in [7, 11) is 1.53. The highest BCUT2D eigenvalue weighted by Crippen LogP contribution is 2.22. The molecule has 0 bridgehead atoms. The molecule has 0 spiro atoms. The van der Waals surface area contributed by atoms with Crippen LogP contribution in [0.2, 0.25) is 0 Å². The molecule has 0 aliphatic rings.